The van der Waals surface area contributed by atoms with Crippen LogP contribution in [0.1, 0.15) is 20.3 Å². The average molecular weight is 131 g/mol. The Balaban J connectivity index is 3.46. The molecule has 0 fully saturated rings. The Morgan fingerprint density at radius 2 is 2.25 bits per heavy atom. The highest BCUT2D eigenvalue weighted by Crippen LogP contribution is 1.99. The summed E-state index contributed by atoms with van der Waals surface area (Å²) in [7, 11) is 0. The van der Waals surface area contributed by atoms with Crippen LogP contribution in [0.4, 0.5) is 0 Å². The topological polar surface area (TPSA) is 26.0 Å². The van der Waals surface area contributed by atoms with Crippen LogP contribution in [0.5, 0.6) is 0 Å². The van der Waals surface area contributed by atoms with Gasteiger partial charge in [0.05, 0.1) is 0 Å². The Morgan fingerprint density at radius 1 is 1.75 bits per heavy atom. The third-order valence-electron chi connectivity index (χ3n) is 1.25. The molecule has 0 aliphatic heterocycles. The molecule has 2 N–H and O–H groups in total. The summed E-state index contributed by atoms with van der Waals surface area (Å²) in [4.78, 5) is 1.09. The van der Waals surface area contributed by atoms with E-state index in [-0.39, 0.29) is 0 Å². The molecular weight excluding hydrogens is 118 g/mol. The Kier molecular flexibility index (Phi) is 4.01. The molecule has 1 unspecified atom stereocenters. The highest BCUT2D eigenvalue weighted by Gasteiger charge is 2.01. The monoisotopic (exact) mass is 131 g/mol. The van der Waals surface area contributed by atoms with Gasteiger partial charge in [0.25, 0.3) is 0 Å². The molecule has 0 saturated heterocycles. The minimum absolute atomic E-state index is 0.426. The van der Waals surface area contributed by atoms with Gasteiger partial charge in [0, 0.05) is 0 Å². The Hall–Kier alpha value is 0.0500. The van der Waals surface area contributed by atoms with Crippen LogP contribution in [0.2, 0.25) is 0 Å². The van der Waals surface area contributed by atoms with Gasteiger partial charge in [0.1, 0.15) is 0 Å². The van der Waals surface area contributed by atoms with Crippen LogP contribution in [0.3, 0.4) is 0 Å². The third-order valence-corrected chi connectivity index (χ3v) is 1.94. The molecule has 0 saturated carbocycles. The lowest BCUT2D eigenvalue weighted by Crippen LogP contribution is -2.17. The van der Waals surface area contributed by atoms with E-state index in [1.807, 2.05) is 0 Å². The lowest BCUT2D eigenvalue weighted by Gasteiger charge is -2.05. The molecule has 0 aromatic carbocycles. The lowest BCUT2D eigenvalue weighted by molar-refractivity contribution is 0.780. The fraction of sp³-hybridized carbons (Fsp3) is 0.833. The maximum Gasteiger partial charge on any atom is -0.000357 e. The summed E-state index contributed by atoms with van der Waals surface area (Å²) < 4.78 is 0. The van der Waals surface area contributed by atoms with E-state index < -0.39 is 0 Å². The molecule has 48 valence electrons. The summed E-state index contributed by atoms with van der Waals surface area (Å²) in [5, 5.41) is 0. The van der Waals surface area contributed by atoms with Crippen molar-refractivity contribution in [1.29, 1.82) is 0 Å². The zero-order valence-electron chi connectivity index (χ0n) is 5.48. The van der Waals surface area contributed by atoms with Gasteiger partial charge in [0.2, 0.25) is 0 Å². The van der Waals surface area contributed by atoms with Crippen molar-refractivity contribution in [1.82, 2.24) is 0 Å². The molecule has 0 heterocycles. The average Bonchev–Trinajstić information content (AvgIpc) is 1.84. The van der Waals surface area contributed by atoms with E-state index in [1.54, 1.807) is 0 Å². The van der Waals surface area contributed by atoms with Crippen molar-refractivity contribution < 1.29 is 0 Å². The fourth-order valence-corrected chi connectivity index (χ4v) is 0.576. The predicted molar refractivity (Wildman–Crippen MR) is 41.1 cm³/mol. The zero-order valence-corrected chi connectivity index (χ0v) is 6.29. The summed E-state index contributed by atoms with van der Waals surface area (Å²) in [6.07, 6.45) is 0.980. The Labute approximate surface area is 56.3 Å². The van der Waals surface area contributed by atoms with E-state index in [0.717, 1.165) is 11.3 Å². The summed E-state index contributed by atoms with van der Waals surface area (Å²) in [5.74, 6) is 0.426. The molecule has 0 aromatic rings. The standard InChI is InChI=1S/C6H13NS/c1-3-6(8)5(2)4-7/h5H,3-4,7H2,1-2H3. The maximum atomic E-state index is 5.36. The van der Waals surface area contributed by atoms with Gasteiger partial charge in [-0.05, 0) is 23.7 Å². The molecule has 0 rings (SSSR count). The lowest BCUT2D eigenvalue weighted by atomic mass is 10.1. The molecule has 1 nitrogen and oxygen atoms in total. The van der Waals surface area contributed by atoms with E-state index in [0.29, 0.717) is 12.5 Å². The molecule has 0 amide bonds. The summed E-state index contributed by atoms with van der Waals surface area (Å²) in [5.41, 5.74) is 5.36. The number of hydrogen-bond acceptors (Lipinski definition) is 2. The molecule has 8 heavy (non-hydrogen) atoms. The van der Waals surface area contributed by atoms with Crippen molar-refractivity contribution in [3.05, 3.63) is 0 Å². The highest BCUT2D eigenvalue weighted by atomic mass is 32.1. The van der Waals surface area contributed by atoms with Crippen LogP contribution in [0.25, 0.3) is 0 Å². The quantitative estimate of drug-likeness (QED) is 0.585. The van der Waals surface area contributed by atoms with Crippen molar-refractivity contribution in [3.63, 3.8) is 0 Å². The van der Waals surface area contributed by atoms with Gasteiger partial charge in [0.15, 0.2) is 0 Å². The van der Waals surface area contributed by atoms with Crippen LogP contribution >= 0.6 is 12.2 Å². The second kappa shape index (κ2) is 3.98. The van der Waals surface area contributed by atoms with Crippen molar-refractivity contribution in [2.45, 2.75) is 20.3 Å². The fourth-order valence-electron chi connectivity index (χ4n) is 0.480. The molecule has 0 spiro atoms. The van der Waals surface area contributed by atoms with Crippen molar-refractivity contribution in [2.75, 3.05) is 6.54 Å². The van der Waals surface area contributed by atoms with Crippen LogP contribution in [0, 0.1) is 5.92 Å². The predicted octanol–water partition coefficient (Wildman–Crippen LogP) is 1.36. The maximum absolute atomic E-state index is 5.36. The third kappa shape index (κ3) is 2.38. The van der Waals surface area contributed by atoms with E-state index in [1.165, 1.54) is 0 Å². The first-order chi connectivity index (χ1) is 3.72. The van der Waals surface area contributed by atoms with Gasteiger partial charge in [-0.2, -0.15) is 0 Å². The van der Waals surface area contributed by atoms with E-state index in [4.69, 9.17) is 18.0 Å². The normalized spacial score (nSPS) is 13.4. The minimum Gasteiger partial charge on any atom is -0.330 e. The largest absolute Gasteiger partial charge is 0.330 e. The van der Waals surface area contributed by atoms with Crippen molar-refractivity contribution >= 4 is 17.1 Å². The van der Waals surface area contributed by atoms with Gasteiger partial charge < -0.3 is 5.73 Å². The van der Waals surface area contributed by atoms with Gasteiger partial charge in [-0.3, -0.25) is 0 Å². The second-order valence-electron chi connectivity index (χ2n) is 1.96. The first-order valence-electron chi connectivity index (χ1n) is 2.95. The summed E-state index contributed by atoms with van der Waals surface area (Å²) in [6, 6.07) is 0. The molecule has 0 aliphatic rings. The van der Waals surface area contributed by atoms with E-state index in [9.17, 15) is 0 Å². The Morgan fingerprint density at radius 3 is 2.38 bits per heavy atom. The van der Waals surface area contributed by atoms with Crippen LogP contribution < -0.4 is 5.73 Å². The first-order valence-corrected chi connectivity index (χ1v) is 3.36. The summed E-state index contributed by atoms with van der Waals surface area (Å²) in [6.45, 7) is 4.81. The van der Waals surface area contributed by atoms with E-state index in [2.05, 4.69) is 13.8 Å². The molecule has 2 heteroatoms. The van der Waals surface area contributed by atoms with Crippen LogP contribution in [-0.2, 0) is 0 Å². The molecule has 1 atom stereocenters. The van der Waals surface area contributed by atoms with Gasteiger partial charge in [-0.1, -0.05) is 26.1 Å². The van der Waals surface area contributed by atoms with Gasteiger partial charge >= 0.3 is 0 Å². The SMILES string of the molecule is CCC(=S)C(C)CN. The summed E-state index contributed by atoms with van der Waals surface area (Å²) >= 11 is 5.00. The highest BCUT2D eigenvalue weighted by molar-refractivity contribution is 7.80. The van der Waals surface area contributed by atoms with Crippen LogP contribution in [0.15, 0.2) is 0 Å². The number of hydrogen-bond donors (Lipinski definition) is 1. The van der Waals surface area contributed by atoms with Crippen LogP contribution in [-0.4, -0.2) is 11.4 Å². The second-order valence-corrected chi connectivity index (χ2v) is 2.48. The smallest absolute Gasteiger partial charge is 0.000357 e. The van der Waals surface area contributed by atoms with Crippen molar-refractivity contribution in [2.24, 2.45) is 11.7 Å². The molecular formula is C6H13NS. The first kappa shape index (κ1) is 8.05. The van der Waals surface area contributed by atoms with Crippen molar-refractivity contribution in [3.8, 4) is 0 Å². The number of thiocarbonyl (C=S) groups is 1. The molecule has 0 radical (unpaired) electrons. The molecule has 0 aromatic heterocycles. The van der Waals surface area contributed by atoms with Gasteiger partial charge in [-0.25, -0.2) is 0 Å². The van der Waals surface area contributed by atoms with E-state index >= 15 is 0 Å². The Bertz CT molecular complexity index is 80.6. The number of nitrogens with two attached hydrogens (primary N) is 1. The molecule has 0 aliphatic carbocycles. The number of rotatable bonds is 3. The van der Waals surface area contributed by atoms with Gasteiger partial charge in [-0.15, -0.1) is 0 Å². The minimum atomic E-state index is 0.426. The zero-order chi connectivity index (χ0) is 6.57. The molecule has 0 bridgehead atoms.